The largest absolute Gasteiger partial charge is 0.494 e. The van der Waals surface area contributed by atoms with Crippen molar-refractivity contribution in [1.82, 2.24) is 10.3 Å². The molecule has 1 fully saturated rings. The van der Waals surface area contributed by atoms with E-state index in [9.17, 15) is 4.79 Å². The van der Waals surface area contributed by atoms with Crippen LogP contribution in [0.15, 0.2) is 18.5 Å². The van der Waals surface area contributed by atoms with Gasteiger partial charge >= 0.3 is 0 Å². The van der Waals surface area contributed by atoms with E-state index in [1.165, 1.54) is 0 Å². The van der Waals surface area contributed by atoms with Gasteiger partial charge < -0.3 is 15.4 Å². The Hall–Kier alpha value is -1.62. The highest BCUT2D eigenvalue weighted by Gasteiger charge is 2.22. The van der Waals surface area contributed by atoms with E-state index in [2.05, 4.69) is 15.6 Å². The Labute approximate surface area is 94.2 Å². The molecule has 2 N–H and O–H groups in total. The van der Waals surface area contributed by atoms with Crippen molar-refractivity contribution in [3.8, 4) is 5.75 Å². The van der Waals surface area contributed by atoms with Crippen LogP contribution >= 0.6 is 0 Å². The lowest BCUT2D eigenvalue weighted by Gasteiger charge is -2.12. The highest BCUT2D eigenvalue weighted by molar-refractivity contribution is 5.96. The second-order valence-electron chi connectivity index (χ2n) is 3.71. The van der Waals surface area contributed by atoms with Crippen molar-refractivity contribution < 1.29 is 9.53 Å². The first kappa shape index (κ1) is 10.9. The van der Waals surface area contributed by atoms with E-state index >= 15 is 0 Å². The molecule has 1 atom stereocenters. The number of aromatic nitrogens is 1. The first-order valence-electron chi connectivity index (χ1n) is 5.33. The summed E-state index contributed by atoms with van der Waals surface area (Å²) in [5.41, 5.74) is 0.615. The molecule has 0 spiro atoms. The quantitative estimate of drug-likeness (QED) is 0.791. The second-order valence-corrected chi connectivity index (χ2v) is 3.71. The first-order valence-corrected chi connectivity index (χ1v) is 5.33. The van der Waals surface area contributed by atoms with E-state index in [0.717, 1.165) is 19.4 Å². The van der Waals surface area contributed by atoms with Crippen molar-refractivity contribution in [3.05, 3.63) is 18.5 Å². The van der Waals surface area contributed by atoms with Gasteiger partial charge in [-0.1, -0.05) is 0 Å². The molecule has 0 aromatic carbocycles. The predicted molar refractivity (Wildman–Crippen MR) is 60.4 cm³/mol. The predicted octanol–water partition coefficient (Wildman–Crippen LogP) is 0.781. The van der Waals surface area contributed by atoms with Crippen molar-refractivity contribution in [2.45, 2.75) is 18.9 Å². The number of nitrogens with zero attached hydrogens (tertiary/aromatic N) is 1. The van der Waals surface area contributed by atoms with Gasteiger partial charge in [-0.25, -0.2) is 0 Å². The summed E-state index contributed by atoms with van der Waals surface area (Å²) < 4.78 is 5.13. The molecular weight excluding hydrogens is 206 g/mol. The summed E-state index contributed by atoms with van der Waals surface area (Å²) in [7, 11) is 1.57. The van der Waals surface area contributed by atoms with Crippen LogP contribution in [0.25, 0.3) is 0 Å². The zero-order chi connectivity index (χ0) is 11.4. The summed E-state index contributed by atoms with van der Waals surface area (Å²) in [6, 6.07) is 1.63. The fraction of sp³-hybridized carbons (Fsp3) is 0.455. The standard InChI is InChI=1S/C11H15N3O2/c1-16-10-4-6-12-7-9(10)14-11(15)8-3-2-5-13-8/h4,6-8,13H,2-3,5H2,1H3,(H,14,15). The lowest BCUT2D eigenvalue weighted by molar-refractivity contribution is -0.117. The van der Waals surface area contributed by atoms with Gasteiger partial charge in [0.1, 0.15) is 11.4 Å². The average Bonchev–Trinajstić information content (AvgIpc) is 2.83. The molecule has 5 nitrogen and oxygen atoms in total. The molecule has 0 radical (unpaired) electrons. The van der Waals surface area contributed by atoms with Gasteiger partial charge in [-0.05, 0) is 19.4 Å². The maximum absolute atomic E-state index is 11.8. The van der Waals surface area contributed by atoms with E-state index in [0.29, 0.717) is 11.4 Å². The van der Waals surface area contributed by atoms with Crippen LogP contribution in [0.1, 0.15) is 12.8 Å². The molecule has 16 heavy (non-hydrogen) atoms. The average molecular weight is 221 g/mol. The van der Waals surface area contributed by atoms with Crippen molar-refractivity contribution in [2.75, 3.05) is 19.0 Å². The van der Waals surface area contributed by atoms with Gasteiger partial charge in [0.2, 0.25) is 5.91 Å². The molecule has 1 aromatic rings. The van der Waals surface area contributed by atoms with Gasteiger partial charge in [0, 0.05) is 12.3 Å². The highest BCUT2D eigenvalue weighted by Crippen LogP contribution is 2.22. The minimum Gasteiger partial charge on any atom is -0.494 e. The molecule has 1 aromatic heterocycles. The Bertz CT molecular complexity index is 375. The molecule has 1 aliphatic rings. The van der Waals surface area contributed by atoms with Crippen LogP contribution in [0.4, 0.5) is 5.69 Å². The molecule has 0 bridgehead atoms. The van der Waals surface area contributed by atoms with Crippen LogP contribution in [0.5, 0.6) is 5.75 Å². The number of ether oxygens (including phenoxy) is 1. The van der Waals surface area contributed by atoms with Gasteiger partial charge in [-0.2, -0.15) is 0 Å². The summed E-state index contributed by atoms with van der Waals surface area (Å²) in [6.07, 6.45) is 5.14. The molecule has 1 unspecified atom stereocenters. The van der Waals surface area contributed by atoms with Crippen LogP contribution in [0.2, 0.25) is 0 Å². The summed E-state index contributed by atoms with van der Waals surface area (Å²) in [5.74, 6) is 0.602. The Kier molecular flexibility index (Phi) is 3.36. The third kappa shape index (κ3) is 2.30. The van der Waals surface area contributed by atoms with Gasteiger partial charge in [-0.3, -0.25) is 9.78 Å². The topological polar surface area (TPSA) is 63.2 Å². The Morgan fingerprint density at radius 2 is 2.56 bits per heavy atom. The monoisotopic (exact) mass is 221 g/mol. The normalized spacial score (nSPS) is 19.4. The molecule has 86 valence electrons. The van der Waals surface area contributed by atoms with Crippen LogP contribution in [0.3, 0.4) is 0 Å². The SMILES string of the molecule is COc1ccncc1NC(=O)C1CCCN1. The molecule has 0 saturated carbocycles. The van der Waals surface area contributed by atoms with E-state index < -0.39 is 0 Å². The summed E-state index contributed by atoms with van der Waals surface area (Å²) in [6.45, 7) is 0.905. The molecular formula is C11H15N3O2. The van der Waals surface area contributed by atoms with E-state index in [1.54, 1.807) is 25.6 Å². The molecule has 5 heteroatoms. The fourth-order valence-electron chi connectivity index (χ4n) is 1.78. The Morgan fingerprint density at radius 1 is 1.69 bits per heavy atom. The van der Waals surface area contributed by atoms with E-state index in [1.807, 2.05) is 0 Å². The van der Waals surface area contributed by atoms with Crippen molar-refractivity contribution in [1.29, 1.82) is 0 Å². The van der Waals surface area contributed by atoms with Crippen LogP contribution in [-0.4, -0.2) is 30.6 Å². The van der Waals surface area contributed by atoms with Gasteiger partial charge in [-0.15, -0.1) is 0 Å². The van der Waals surface area contributed by atoms with Crippen molar-refractivity contribution >= 4 is 11.6 Å². The van der Waals surface area contributed by atoms with Crippen molar-refractivity contribution in [2.24, 2.45) is 0 Å². The Balaban J connectivity index is 2.05. The van der Waals surface area contributed by atoms with Crippen LogP contribution in [0, 0.1) is 0 Å². The fourth-order valence-corrected chi connectivity index (χ4v) is 1.78. The minimum atomic E-state index is -0.0927. The molecule has 1 saturated heterocycles. The number of nitrogens with one attached hydrogen (secondary N) is 2. The van der Waals surface area contributed by atoms with Crippen molar-refractivity contribution in [3.63, 3.8) is 0 Å². The number of hydrogen-bond acceptors (Lipinski definition) is 4. The van der Waals surface area contributed by atoms with Crippen LogP contribution < -0.4 is 15.4 Å². The van der Waals surface area contributed by atoms with E-state index in [-0.39, 0.29) is 11.9 Å². The van der Waals surface area contributed by atoms with Gasteiger partial charge in [0.15, 0.2) is 0 Å². The highest BCUT2D eigenvalue weighted by atomic mass is 16.5. The number of pyridine rings is 1. The number of methoxy groups -OCH3 is 1. The number of amides is 1. The van der Waals surface area contributed by atoms with Crippen LogP contribution in [-0.2, 0) is 4.79 Å². The van der Waals surface area contributed by atoms with Gasteiger partial charge in [0.05, 0.1) is 19.3 Å². The Morgan fingerprint density at radius 3 is 3.25 bits per heavy atom. The van der Waals surface area contributed by atoms with Gasteiger partial charge in [0.25, 0.3) is 0 Å². The summed E-state index contributed by atoms with van der Waals surface area (Å²) in [4.78, 5) is 15.8. The maximum atomic E-state index is 11.8. The number of hydrogen-bond donors (Lipinski definition) is 2. The summed E-state index contributed by atoms with van der Waals surface area (Å²) in [5, 5.41) is 5.96. The molecule has 2 rings (SSSR count). The number of rotatable bonds is 3. The molecule has 1 aliphatic heterocycles. The second kappa shape index (κ2) is 4.94. The summed E-state index contributed by atoms with van der Waals surface area (Å²) >= 11 is 0. The molecule has 0 aliphatic carbocycles. The van der Waals surface area contributed by atoms with E-state index in [4.69, 9.17) is 4.74 Å². The third-order valence-corrected chi connectivity index (χ3v) is 2.64. The zero-order valence-corrected chi connectivity index (χ0v) is 9.19. The number of carbonyl (C=O) groups excluding carboxylic acids is 1. The smallest absolute Gasteiger partial charge is 0.241 e. The maximum Gasteiger partial charge on any atom is 0.241 e. The number of anilines is 1. The lowest BCUT2D eigenvalue weighted by atomic mass is 10.2. The minimum absolute atomic E-state index is 0.0243. The molecule has 1 amide bonds. The zero-order valence-electron chi connectivity index (χ0n) is 9.19. The number of carbonyl (C=O) groups is 1. The first-order chi connectivity index (χ1) is 7.81. The molecule has 2 heterocycles. The third-order valence-electron chi connectivity index (χ3n) is 2.64. The lowest BCUT2D eigenvalue weighted by Crippen LogP contribution is -2.35.